The number of rotatable bonds is 6. The molecular weight excluding hydrogens is 256 g/mol. The van der Waals surface area contributed by atoms with Gasteiger partial charge in [0.05, 0.1) is 7.11 Å². The van der Waals surface area contributed by atoms with Crippen molar-refractivity contribution in [3.8, 4) is 5.75 Å². The first-order chi connectivity index (χ1) is 10.2. The predicted molar refractivity (Wildman–Crippen MR) is 89.9 cm³/mol. The van der Waals surface area contributed by atoms with Crippen LogP contribution in [-0.2, 0) is 6.42 Å². The quantitative estimate of drug-likeness (QED) is 0.646. The second kappa shape index (κ2) is 7.68. The molecule has 0 aliphatic carbocycles. The summed E-state index contributed by atoms with van der Waals surface area (Å²) in [5.74, 6) is 1.37. The van der Waals surface area contributed by atoms with Crippen LogP contribution in [0.15, 0.2) is 66.2 Å². The van der Waals surface area contributed by atoms with Crippen LogP contribution in [0.4, 0.5) is 0 Å². The van der Waals surface area contributed by atoms with Crippen molar-refractivity contribution >= 4 is 0 Å². The molecule has 1 unspecified atom stereocenters. The van der Waals surface area contributed by atoms with E-state index < -0.39 is 0 Å². The Morgan fingerprint density at radius 3 is 2.24 bits per heavy atom. The lowest BCUT2D eigenvalue weighted by Crippen LogP contribution is -1.99. The van der Waals surface area contributed by atoms with Crippen LogP contribution in [0.5, 0.6) is 5.75 Å². The van der Waals surface area contributed by atoms with E-state index in [4.69, 9.17) is 4.74 Å². The summed E-state index contributed by atoms with van der Waals surface area (Å²) in [5.41, 5.74) is 4.12. The molecule has 2 aromatic carbocycles. The Bertz CT molecular complexity index is 563. The Labute approximate surface area is 128 Å². The second-order valence-electron chi connectivity index (χ2n) is 5.65. The highest BCUT2D eigenvalue weighted by molar-refractivity contribution is 5.32. The Hall–Kier alpha value is -2.02. The van der Waals surface area contributed by atoms with Crippen molar-refractivity contribution in [2.45, 2.75) is 32.6 Å². The number of methoxy groups -OCH3 is 1. The van der Waals surface area contributed by atoms with Gasteiger partial charge < -0.3 is 4.74 Å². The fourth-order valence-electron chi connectivity index (χ4n) is 2.57. The summed E-state index contributed by atoms with van der Waals surface area (Å²) in [7, 11) is 1.71. The highest BCUT2D eigenvalue weighted by Crippen LogP contribution is 2.26. The molecule has 0 amide bonds. The molecule has 21 heavy (non-hydrogen) atoms. The van der Waals surface area contributed by atoms with E-state index in [1.807, 2.05) is 12.1 Å². The van der Waals surface area contributed by atoms with Gasteiger partial charge in [-0.05, 0) is 49.9 Å². The topological polar surface area (TPSA) is 9.23 Å². The molecule has 0 bridgehead atoms. The average molecular weight is 280 g/mol. The maximum absolute atomic E-state index is 5.24. The molecular formula is C20H24O. The summed E-state index contributed by atoms with van der Waals surface area (Å²) in [4.78, 5) is 0. The van der Waals surface area contributed by atoms with Gasteiger partial charge in [0, 0.05) is 5.92 Å². The van der Waals surface area contributed by atoms with E-state index in [2.05, 4.69) is 62.4 Å². The summed E-state index contributed by atoms with van der Waals surface area (Å²) in [6.07, 6.45) is 4.59. The zero-order valence-electron chi connectivity index (χ0n) is 13.2. The van der Waals surface area contributed by atoms with Gasteiger partial charge >= 0.3 is 0 Å². The van der Waals surface area contributed by atoms with Crippen LogP contribution in [0.2, 0.25) is 0 Å². The predicted octanol–water partition coefficient (Wildman–Crippen LogP) is 5.38. The zero-order chi connectivity index (χ0) is 15.1. The number of aryl methyl sites for hydroxylation is 1. The summed E-state index contributed by atoms with van der Waals surface area (Å²) in [5, 5.41) is 0. The summed E-state index contributed by atoms with van der Waals surface area (Å²) in [6, 6.07) is 19.1. The van der Waals surface area contributed by atoms with Crippen molar-refractivity contribution in [3.05, 3.63) is 77.4 Å². The first-order valence-electron chi connectivity index (χ1n) is 7.52. The number of ether oxygens (including phenoxy) is 1. The zero-order valence-corrected chi connectivity index (χ0v) is 13.2. The third kappa shape index (κ3) is 4.78. The molecule has 0 aliphatic rings. The molecule has 1 heteroatoms. The van der Waals surface area contributed by atoms with Gasteiger partial charge in [-0.25, -0.2) is 0 Å². The summed E-state index contributed by atoms with van der Waals surface area (Å²) < 4.78 is 5.24. The van der Waals surface area contributed by atoms with Crippen LogP contribution in [-0.4, -0.2) is 7.11 Å². The minimum absolute atomic E-state index is 0.459. The lowest BCUT2D eigenvalue weighted by Gasteiger charge is -2.15. The molecule has 0 saturated heterocycles. The van der Waals surface area contributed by atoms with E-state index in [9.17, 15) is 0 Å². The van der Waals surface area contributed by atoms with Gasteiger partial charge in [-0.1, -0.05) is 54.1 Å². The third-order valence-electron chi connectivity index (χ3n) is 3.67. The van der Waals surface area contributed by atoms with Gasteiger partial charge in [0.25, 0.3) is 0 Å². The van der Waals surface area contributed by atoms with Gasteiger partial charge in [0.1, 0.15) is 5.75 Å². The highest BCUT2D eigenvalue weighted by atomic mass is 16.5. The van der Waals surface area contributed by atoms with E-state index in [1.165, 1.54) is 16.7 Å². The van der Waals surface area contributed by atoms with Gasteiger partial charge in [-0.15, -0.1) is 0 Å². The van der Waals surface area contributed by atoms with E-state index in [0.29, 0.717) is 5.92 Å². The maximum atomic E-state index is 5.24. The molecule has 0 radical (unpaired) electrons. The van der Waals surface area contributed by atoms with Gasteiger partial charge in [0.15, 0.2) is 0 Å². The van der Waals surface area contributed by atoms with Gasteiger partial charge in [0.2, 0.25) is 0 Å². The largest absolute Gasteiger partial charge is 0.497 e. The third-order valence-corrected chi connectivity index (χ3v) is 3.67. The molecule has 0 aliphatic heterocycles. The van der Waals surface area contributed by atoms with Crippen molar-refractivity contribution < 1.29 is 4.74 Å². The van der Waals surface area contributed by atoms with Crippen LogP contribution in [0.3, 0.4) is 0 Å². The monoisotopic (exact) mass is 280 g/mol. The highest BCUT2D eigenvalue weighted by Gasteiger charge is 2.09. The van der Waals surface area contributed by atoms with Crippen LogP contribution in [0.25, 0.3) is 0 Å². The first kappa shape index (κ1) is 15.4. The fraction of sp³-hybridized carbons (Fsp3) is 0.300. The standard InChI is InChI=1S/C20H24O/c1-16(2)15-19(10-9-17-7-5-4-6-8-17)18-11-13-20(21-3)14-12-18/h4-8,11-15,19H,9-10H2,1-3H3. The van der Waals surface area contributed by atoms with Crippen molar-refractivity contribution in [3.63, 3.8) is 0 Å². The Morgan fingerprint density at radius 1 is 1.00 bits per heavy atom. The molecule has 1 nitrogen and oxygen atoms in total. The number of hydrogen-bond acceptors (Lipinski definition) is 1. The van der Waals surface area contributed by atoms with Crippen LogP contribution < -0.4 is 4.74 Å². The van der Waals surface area contributed by atoms with E-state index >= 15 is 0 Å². The molecule has 0 aromatic heterocycles. The van der Waals surface area contributed by atoms with Crippen molar-refractivity contribution in [2.24, 2.45) is 0 Å². The molecule has 0 spiro atoms. The molecule has 0 saturated carbocycles. The molecule has 1 atom stereocenters. The molecule has 2 aromatic rings. The SMILES string of the molecule is COc1ccc(C(C=C(C)C)CCc2ccccc2)cc1. The van der Waals surface area contributed by atoms with Crippen molar-refractivity contribution in [1.82, 2.24) is 0 Å². The first-order valence-corrected chi connectivity index (χ1v) is 7.52. The van der Waals surface area contributed by atoms with E-state index in [1.54, 1.807) is 7.11 Å². The van der Waals surface area contributed by atoms with Crippen LogP contribution in [0.1, 0.15) is 37.3 Å². The molecule has 0 N–H and O–H groups in total. The van der Waals surface area contributed by atoms with Crippen LogP contribution in [0, 0.1) is 0 Å². The minimum atomic E-state index is 0.459. The lowest BCUT2D eigenvalue weighted by molar-refractivity contribution is 0.414. The Morgan fingerprint density at radius 2 is 1.67 bits per heavy atom. The number of allylic oxidation sites excluding steroid dienone is 2. The normalized spacial score (nSPS) is 11.8. The van der Waals surface area contributed by atoms with Crippen molar-refractivity contribution in [1.29, 1.82) is 0 Å². The second-order valence-corrected chi connectivity index (χ2v) is 5.65. The number of hydrogen-bond donors (Lipinski definition) is 0. The molecule has 110 valence electrons. The van der Waals surface area contributed by atoms with E-state index in [-0.39, 0.29) is 0 Å². The smallest absolute Gasteiger partial charge is 0.118 e. The lowest BCUT2D eigenvalue weighted by atomic mass is 9.91. The molecule has 0 fully saturated rings. The summed E-state index contributed by atoms with van der Waals surface area (Å²) >= 11 is 0. The van der Waals surface area contributed by atoms with Gasteiger partial charge in [-0.2, -0.15) is 0 Å². The minimum Gasteiger partial charge on any atom is -0.497 e. The molecule has 0 heterocycles. The summed E-state index contributed by atoms with van der Waals surface area (Å²) in [6.45, 7) is 4.33. The fourth-order valence-corrected chi connectivity index (χ4v) is 2.57. The average Bonchev–Trinajstić information content (AvgIpc) is 2.52. The number of benzene rings is 2. The maximum Gasteiger partial charge on any atom is 0.118 e. The molecule has 2 rings (SSSR count). The Kier molecular flexibility index (Phi) is 5.62. The Balaban J connectivity index is 2.12. The van der Waals surface area contributed by atoms with E-state index in [0.717, 1.165) is 18.6 Å². The van der Waals surface area contributed by atoms with Gasteiger partial charge in [-0.3, -0.25) is 0 Å². The van der Waals surface area contributed by atoms with Crippen molar-refractivity contribution in [2.75, 3.05) is 7.11 Å². The van der Waals surface area contributed by atoms with Crippen LogP contribution >= 0.6 is 0 Å².